The largest absolute Gasteiger partial charge is 0.397 e. The van der Waals surface area contributed by atoms with Crippen molar-refractivity contribution in [2.24, 2.45) is 0 Å². The molecular weight excluding hydrogens is 416 g/mol. The van der Waals surface area contributed by atoms with Crippen molar-refractivity contribution in [3.05, 3.63) is 96.1 Å². The first kappa shape index (κ1) is 19.8. The van der Waals surface area contributed by atoms with Crippen LogP contribution in [0.25, 0.3) is 22.7 Å². The highest BCUT2D eigenvalue weighted by molar-refractivity contribution is 7.16. The number of fused-ring (bicyclic) bond motifs is 1. The van der Waals surface area contributed by atoms with Crippen molar-refractivity contribution in [3.8, 4) is 11.4 Å². The highest BCUT2D eigenvalue weighted by Crippen LogP contribution is 2.32. The van der Waals surface area contributed by atoms with E-state index in [9.17, 15) is 0 Å². The Bertz CT molecular complexity index is 1410. The van der Waals surface area contributed by atoms with Crippen LogP contribution in [0.2, 0.25) is 0 Å². The number of nitrogens with two attached hydrogens (primary N) is 1. The van der Waals surface area contributed by atoms with Gasteiger partial charge in [-0.15, -0.1) is 11.3 Å². The lowest BCUT2D eigenvalue weighted by molar-refractivity contribution is 1.17. The van der Waals surface area contributed by atoms with E-state index in [0.29, 0.717) is 5.69 Å². The number of rotatable bonds is 6. The number of hydrogen-bond donors (Lipinski definition) is 3. The molecule has 0 fully saturated rings. The van der Waals surface area contributed by atoms with Crippen LogP contribution in [0.1, 0.15) is 10.4 Å². The van der Waals surface area contributed by atoms with Crippen LogP contribution < -0.4 is 16.4 Å². The van der Waals surface area contributed by atoms with E-state index in [2.05, 4.69) is 33.5 Å². The van der Waals surface area contributed by atoms with Gasteiger partial charge in [0.2, 0.25) is 0 Å². The van der Waals surface area contributed by atoms with Gasteiger partial charge in [-0.1, -0.05) is 36.9 Å². The molecule has 32 heavy (non-hydrogen) atoms. The maximum atomic E-state index is 6.01. The van der Waals surface area contributed by atoms with E-state index >= 15 is 0 Å². The highest BCUT2D eigenvalue weighted by atomic mass is 32.1. The minimum Gasteiger partial charge on any atom is -0.397 e. The first-order valence-electron chi connectivity index (χ1n) is 10.2. The standard InChI is InChI=1S/C25H22N6S/c1-16(28-21-8-4-3-7-20(21)26)18-10-12-19(13-11-18)29-25-30-24(17(2)32-25)22-15-27-23-9-5-6-14-31(22)23/h3-15,28H,1,26H2,2H3,(H,29,30). The number of benzene rings is 2. The van der Waals surface area contributed by atoms with Crippen LogP contribution in [0.5, 0.6) is 0 Å². The minimum absolute atomic E-state index is 0.688. The second-order valence-electron chi connectivity index (χ2n) is 7.39. The summed E-state index contributed by atoms with van der Waals surface area (Å²) in [7, 11) is 0. The Morgan fingerprint density at radius 2 is 1.81 bits per heavy atom. The van der Waals surface area contributed by atoms with Crippen molar-refractivity contribution in [1.29, 1.82) is 0 Å². The van der Waals surface area contributed by atoms with Crippen LogP contribution in [0.15, 0.2) is 85.7 Å². The topological polar surface area (TPSA) is 80.3 Å². The summed E-state index contributed by atoms with van der Waals surface area (Å²) in [5.74, 6) is 0. The molecular formula is C25H22N6S. The number of para-hydroxylation sites is 2. The molecule has 3 heterocycles. The summed E-state index contributed by atoms with van der Waals surface area (Å²) in [6.45, 7) is 6.22. The third kappa shape index (κ3) is 3.81. The average Bonchev–Trinajstić information content (AvgIpc) is 3.38. The molecule has 0 spiro atoms. The minimum atomic E-state index is 0.688. The first-order chi connectivity index (χ1) is 15.6. The van der Waals surface area contributed by atoms with Gasteiger partial charge in [0.05, 0.1) is 23.3 Å². The number of imidazole rings is 1. The lowest BCUT2D eigenvalue weighted by atomic mass is 10.1. The lowest BCUT2D eigenvalue weighted by Crippen LogP contribution is -2.00. The molecule has 4 N–H and O–H groups in total. The number of aromatic nitrogens is 3. The predicted octanol–water partition coefficient (Wildman–Crippen LogP) is 6.17. The maximum absolute atomic E-state index is 6.01. The molecule has 5 rings (SSSR count). The van der Waals surface area contributed by atoms with Crippen LogP contribution >= 0.6 is 11.3 Å². The smallest absolute Gasteiger partial charge is 0.188 e. The van der Waals surface area contributed by atoms with Gasteiger partial charge in [-0.05, 0) is 48.9 Å². The Balaban J connectivity index is 1.32. The number of aryl methyl sites for hydroxylation is 1. The molecule has 0 amide bonds. The van der Waals surface area contributed by atoms with Crippen molar-refractivity contribution < 1.29 is 0 Å². The van der Waals surface area contributed by atoms with E-state index in [1.807, 2.05) is 79.1 Å². The van der Waals surface area contributed by atoms with E-state index in [1.54, 1.807) is 11.3 Å². The van der Waals surface area contributed by atoms with E-state index in [-0.39, 0.29) is 0 Å². The Kier molecular flexibility index (Phi) is 5.09. The van der Waals surface area contributed by atoms with Crippen LogP contribution in [0.3, 0.4) is 0 Å². The van der Waals surface area contributed by atoms with E-state index in [4.69, 9.17) is 10.7 Å². The summed E-state index contributed by atoms with van der Waals surface area (Å²) in [5.41, 5.74) is 13.1. The normalized spacial score (nSPS) is 10.9. The molecule has 158 valence electrons. The molecule has 2 aromatic carbocycles. The molecule has 0 aliphatic carbocycles. The Labute approximate surface area is 190 Å². The second kappa shape index (κ2) is 8.20. The highest BCUT2D eigenvalue weighted by Gasteiger charge is 2.14. The van der Waals surface area contributed by atoms with Crippen LogP contribution in [-0.2, 0) is 0 Å². The summed E-state index contributed by atoms with van der Waals surface area (Å²) < 4.78 is 2.05. The van der Waals surface area contributed by atoms with Crippen molar-refractivity contribution >= 4 is 44.9 Å². The molecule has 0 saturated carbocycles. The van der Waals surface area contributed by atoms with Gasteiger partial charge in [0.25, 0.3) is 0 Å². The lowest BCUT2D eigenvalue weighted by Gasteiger charge is -2.12. The average molecular weight is 439 g/mol. The van der Waals surface area contributed by atoms with Gasteiger partial charge in [-0.25, -0.2) is 9.97 Å². The van der Waals surface area contributed by atoms with Gasteiger partial charge in [-0.3, -0.25) is 4.40 Å². The van der Waals surface area contributed by atoms with Gasteiger partial charge in [0, 0.05) is 22.5 Å². The molecule has 0 aliphatic rings. The van der Waals surface area contributed by atoms with Gasteiger partial charge < -0.3 is 16.4 Å². The van der Waals surface area contributed by atoms with E-state index < -0.39 is 0 Å². The van der Waals surface area contributed by atoms with Crippen LogP contribution in [-0.4, -0.2) is 14.4 Å². The van der Waals surface area contributed by atoms with Crippen molar-refractivity contribution in [2.75, 3.05) is 16.4 Å². The fourth-order valence-corrected chi connectivity index (χ4v) is 4.36. The number of thiazole rings is 1. The number of hydrogen-bond acceptors (Lipinski definition) is 6. The molecule has 0 atom stereocenters. The quantitative estimate of drug-likeness (QED) is 0.276. The van der Waals surface area contributed by atoms with Crippen LogP contribution in [0, 0.1) is 6.92 Å². The Morgan fingerprint density at radius 3 is 2.62 bits per heavy atom. The summed E-state index contributed by atoms with van der Waals surface area (Å²) in [6, 6.07) is 21.7. The Hall–Kier alpha value is -4.10. The molecule has 7 heteroatoms. The Morgan fingerprint density at radius 1 is 1.03 bits per heavy atom. The zero-order valence-corrected chi connectivity index (χ0v) is 18.4. The summed E-state index contributed by atoms with van der Waals surface area (Å²) >= 11 is 1.62. The van der Waals surface area contributed by atoms with E-state index in [1.165, 1.54) is 0 Å². The molecule has 0 bridgehead atoms. The molecule has 0 aliphatic heterocycles. The zero-order chi connectivity index (χ0) is 22.1. The van der Waals surface area contributed by atoms with Gasteiger partial charge >= 0.3 is 0 Å². The number of nitrogens with zero attached hydrogens (tertiary/aromatic N) is 3. The zero-order valence-electron chi connectivity index (χ0n) is 17.5. The molecule has 0 unspecified atom stereocenters. The fraction of sp³-hybridized carbons (Fsp3) is 0.0400. The molecule has 0 radical (unpaired) electrons. The second-order valence-corrected chi connectivity index (χ2v) is 8.59. The third-order valence-corrected chi connectivity index (χ3v) is 6.07. The summed E-state index contributed by atoms with van der Waals surface area (Å²) in [4.78, 5) is 10.4. The number of nitrogens with one attached hydrogen (secondary N) is 2. The molecule has 3 aromatic heterocycles. The van der Waals surface area contributed by atoms with Crippen LogP contribution in [0.4, 0.5) is 22.2 Å². The third-order valence-electron chi connectivity index (χ3n) is 5.19. The summed E-state index contributed by atoms with van der Waals surface area (Å²) in [5, 5.41) is 7.52. The number of pyridine rings is 1. The monoisotopic (exact) mass is 438 g/mol. The summed E-state index contributed by atoms with van der Waals surface area (Å²) in [6.07, 6.45) is 3.88. The maximum Gasteiger partial charge on any atom is 0.188 e. The van der Waals surface area contributed by atoms with Gasteiger partial charge in [0.1, 0.15) is 11.3 Å². The van der Waals surface area contributed by atoms with E-state index in [0.717, 1.165) is 49.7 Å². The molecule has 0 saturated heterocycles. The van der Waals surface area contributed by atoms with Gasteiger partial charge in [-0.2, -0.15) is 0 Å². The molecule has 5 aromatic rings. The predicted molar refractivity (Wildman–Crippen MR) is 134 cm³/mol. The number of anilines is 4. The van der Waals surface area contributed by atoms with Crippen molar-refractivity contribution in [3.63, 3.8) is 0 Å². The fourth-order valence-electron chi connectivity index (χ4n) is 3.52. The van der Waals surface area contributed by atoms with Crippen molar-refractivity contribution in [1.82, 2.24) is 14.4 Å². The molecule has 6 nitrogen and oxygen atoms in total. The number of nitrogen functional groups attached to an aromatic ring is 1. The van der Waals surface area contributed by atoms with Crippen molar-refractivity contribution in [2.45, 2.75) is 6.92 Å². The SMILES string of the molecule is C=C(Nc1ccccc1N)c1ccc(Nc2nc(-c3cnc4ccccn34)c(C)s2)cc1. The first-order valence-corrected chi connectivity index (χ1v) is 11.0. The van der Waals surface area contributed by atoms with Gasteiger partial charge in [0.15, 0.2) is 5.13 Å².